The van der Waals surface area contributed by atoms with Crippen molar-refractivity contribution >= 4 is 5.91 Å². The first kappa shape index (κ1) is 13.5. The normalized spacial score (nSPS) is 19.4. The Morgan fingerprint density at radius 3 is 2.44 bits per heavy atom. The van der Waals surface area contributed by atoms with E-state index in [0.29, 0.717) is 5.91 Å². The molecule has 3 nitrogen and oxygen atoms in total. The van der Waals surface area contributed by atoms with E-state index in [-0.39, 0.29) is 5.41 Å². The third kappa shape index (κ3) is 2.97. The van der Waals surface area contributed by atoms with Crippen molar-refractivity contribution in [1.29, 1.82) is 0 Å². The van der Waals surface area contributed by atoms with E-state index < -0.39 is 0 Å². The Morgan fingerprint density at radius 2 is 1.94 bits per heavy atom. The van der Waals surface area contributed by atoms with E-state index in [4.69, 9.17) is 0 Å². The maximum absolute atomic E-state index is 12.5. The molecule has 94 valence electrons. The van der Waals surface area contributed by atoms with Crippen LogP contribution in [0.15, 0.2) is 0 Å². The molecule has 0 bridgehead atoms. The number of nitrogens with zero attached hydrogens (tertiary/aromatic N) is 1. The summed E-state index contributed by atoms with van der Waals surface area (Å²) in [5.74, 6) is 0.366. The molecule has 1 N–H and O–H groups in total. The second-order valence-corrected chi connectivity index (χ2v) is 4.96. The molecule has 1 aliphatic rings. The van der Waals surface area contributed by atoms with Crippen LogP contribution in [0.4, 0.5) is 0 Å². The highest BCUT2D eigenvalue weighted by molar-refractivity contribution is 5.82. The van der Waals surface area contributed by atoms with Crippen LogP contribution in [0.3, 0.4) is 0 Å². The molecule has 3 heteroatoms. The fourth-order valence-corrected chi connectivity index (χ4v) is 2.53. The van der Waals surface area contributed by atoms with Crippen LogP contribution >= 0.6 is 0 Å². The van der Waals surface area contributed by atoms with Crippen molar-refractivity contribution in [2.75, 3.05) is 26.7 Å². The highest BCUT2D eigenvalue weighted by Crippen LogP contribution is 2.34. The average molecular weight is 226 g/mol. The van der Waals surface area contributed by atoms with Crippen molar-refractivity contribution in [2.45, 2.75) is 46.0 Å². The third-order valence-corrected chi connectivity index (χ3v) is 3.88. The van der Waals surface area contributed by atoms with Gasteiger partial charge in [0.05, 0.1) is 5.41 Å². The highest BCUT2D eigenvalue weighted by atomic mass is 16.2. The summed E-state index contributed by atoms with van der Waals surface area (Å²) in [6.45, 7) is 7.20. The smallest absolute Gasteiger partial charge is 0.228 e. The molecule has 1 aliphatic heterocycles. The number of unbranched alkanes of at least 4 members (excludes halogenated alkanes) is 1. The Bertz CT molecular complexity index is 222. The van der Waals surface area contributed by atoms with Gasteiger partial charge in [-0.25, -0.2) is 0 Å². The van der Waals surface area contributed by atoms with E-state index >= 15 is 0 Å². The van der Waals surface area contributed by atoms with E-state index in [2.05, 4.69) is 19.2 Å². The maximum atomic E-state index is 12.5. The van der Waals surface area contributed by atoms with Gasteiger partial charge in [0.25, 0.3) is 0 Å². The first-order chi connectivity index (χ1) is 7.66. The van der Waals surface area contributed by atoms with Crippen LogP contribution < -0.4 is 5.32 Å². The summed E-state index contributed by atoms with van der Waals surface area (Å²) in [7, 11) is 1.96. The van der Waals surface area contributed by atoms with E-state index in [1.165, 1.54) is 0 Å². The average Bonchev–Trinajstić information content (AvgIpc) is 2.35. The summed E-state index contributed by atoms with van der Waals surface area (Å²) < 4.78 is 0. The Kier molecular flexibility index (Phi) is 5.26. The molecule has 1 fully saturated rings. The Hall–Kier alpha value is -0.570. The Labute approximate surface area is 99.6 Å². The number of piperidine rings is 1. The molecule has 16 heavy (non-hydrogen) atoms. The fraction of sp³-hybridized carbons (Fsp3) is 0.923. The summed E-state index contributed by atoms with van der Waals surface area (Å²) in [4.78, 5) is 14.4. The van der Waals surface area contributed by atoms with Gasteiger partial charge in [-0.05, 0) is 38.8 Å². The molecule has 1 saturated heterocycles. The van der Waals surface area contributed by atoms with Crippen molar-refractivity contribution in [1.82, 2.24) is 10.2 Å². The first-order valence-electron chi connectivity index (χ1n) is 6.62. The van der Waals surface area contributed by atoms with E-state index in [1.807, 2.05) is 11.9 Å². The van der Waals surface area contributed by atoms with E-state index in [1.54, 1.807) is 0 Å². The lowest BCUT2D eigenvalue weighted by Crippen LogP contribution is -2.48. The maximum Gasteiger partial charge on any atom is 0.228 e. The van der Waals surface area contributed by atoms with Crippen molar-refractivity contribution in [3.8, 4) is 0 Å². The zero-order chi connectivity index (χ0) is 12.0. The number of amides is 1. The minimum Gasteiger partial charge on any atom is -0.345 e. The third-order valence-electron chi connectivity index (χ3n) is 3.88. The SMILES string of the molecule is CCCCN(C)C(=O)C1(CC)CCNCC1. The van der Waals surface area contributed by atoms with Gasteiger partial charge < -0.3 is 10.2 Å². The first-order valence-corrected chi connectivity index (χ1v) is 6.62. The fourth-order valence-electron chi connectivity index (χ4n) is 2.53. The van der Waals surface area contributed by atoms with Crippen LogP contribution in [0.2, 0.25) is 0 Å². The molecule has 0 aromatic rings. The monoisotopic (exact) mass is 226 g/mol. The topological polar surface area (TPSA) is 32.3 Å². The molecule has 0 radical (unpaired) electrons. The summed E-state index contributed by atoms with van der Waals surface area (Å²) >= 11 is 0. The second-order valence-electron chi connectivity index (χ2n) is 4.96. The number of carbonyl (C=O) groups excluding carboxylic acids is 1. The molecule has 0 aliphatic carbocycles. The highest BCUT2D eigenvalue weighted by Gasteiger charge is 2.39. The zero-order valence-corrected chi connectivity index (χ0v) is 11.0. The molecular weight excluding hydrogens is 200 g/mol. The lowest BCUT2D eigenvalue weighted by molar-refractivity contribution is -0.142. The van der Waals surface area contributed by atoms with Crippen LogP contribution in [0.5, 0.6) is 0 Å². The van der Waals surface area contributed by atoms with Crippen LogP contribution in [-0.2, 0) is 4.79 Å². The zero-order valence-electron chi connectivity index (χ0n) is 11.0. The van der Waals surface area contributed by atoms with E-state index in [9.17, 15) is 4.79 Å². The van der Waals surface area contributed by atoms with Crippen molar-refractivity contribution < 1.29 is 4.79 Å². The molecule has 1 heterocycles. The molecule has 0 aromatic heterocycles. The molecular formula is C13H26N2O. The second kappa shape index (κ2) is 6.24. The number of nitrogens with one attached hydrogen (secondary N) is 1. The number of hydrogen-bond donors (Lipinski definition) is 1. The minimum atomic E-state index is -0.0757. The number of hydrogen-bond acceptors (Lipinski definition) is 2. The van der Waals surface area contributed by atoms with Gasteiger partial charge in [0, 0.05) is 13.6 Å². The lowest BCUT2D eigenvalue weighted by atomic mass is 9.75. The number of carbonyl (C=O) groups is 1. The Balaban J connectivity index is 2.60. The van der Waals surface area contributed by atoms with Gasteiger partial charge in [0.15, 0.2) is 0 Å². The van der Waals surface area contributed by atoms with Gasteiger partial charge in [-0.1, -0.05) is 20.3 Å². The van der Waals surface area contributed by atoms with Crippen LogP contribution in [0.1, 0.15) is 46.0 Å². The molecule has 0 aromatic carbocycles. The minimum absolute atomic E-state index is 0.0757. The molecule has 0 saturated carbocycles. The van der Waals surface area contributed by atoms with Gasteiger partial charge in [0.1, 0.15) is 0 Å². The van der Waals surface area contributed by atoms with Crippen LogP contribution in [0.25, 0.3) is 0 Å². The molecule has 1 amide bonds. The van der Waals surface area contributed by atoms with Gasteiger partial charge in [-0.15, -0.1) is 0 Å². The Morgan fingerprint density at radius 1 is 1.31 bits per heavy atom. The number of rotatable bonds is 5. The quantitative estimate of drug-likeness (QED) is 0.778. The molecule has 0 spiro atoms. The molecule has 0 atom stereocenters. The summed E-state index contributed by atoms with van der Waals surface area (Å²) in [6.07, 6.45) is 5.24. The van der Waals surface area contributed by atoms with Crippen LogP contribution in [0, 0.1) is 5.41 Å². The summed E-state index contributed by atoms with van der Waals surface area (Å²) in [6, 6.07) is 0. The van der Waals surface area contributed by atoms with Gasteiger partial charge in [-0.3, -0.25) is 4.79 Å². The largest absolute Gasteiger partial charge is 0.345 e. The van der Waals surface area contributed by atoms with E-state index in [0.717, 1.165) is 51.7 Å². The standard InChI is InChI=1S/C13H26N2O/c1-4-6-11-15(3)12(16)13(5-2)7-9-14-10-8-13/h14H,4-11H2,1-3H3. The van der Waals surface area contributed by atoms with Gasteiger partial charge >= 0.3 is 0 Å². The summed E-state index contributed by atoms with van der Waals surface area (Å²) in [5.41, 5.74) is -0.0757. The molecule has 1 rings (SSSR count). The lowest BCUT2D eigenvalue weighted by Gasteiger charge is -2.38. The van der Waals surface area contributed by atoms with Crippen molar-refractivity contribution in [3.05, 3.63) is 0 Å². The molecule has 0 unspecified atom stereocenters. The van der Waals surface area contributed by atoms with Crippen molar-refractivity contribution in [2.24, 2.45) is 5.41 Å². The predicted molar refractivity (Wildman–Crippen MR) is 67.4 cm³/mol. The van der Waals surface area contributed by atoms with Gasteiger partial charge in [0.2, 0.25) is 5.91 Å². The predicted octanol–water partition coefficient (Wildman–Crippen LogP) is 2.02. The van der Waals surface area contributed by atoms with Crippen molar-refractivity contribution in [3.63, 3.8) is 0 Å². The summed E-state index contributed by atoms with van der Waals surface area (Å²) in [5, 5.41) is 3.34. The van der Waals surface area contributed by atoms with Gasteiger partial charge in [-0.2, -0.15) is 0 Å². The van der Waals surface area contributed by atoms with Crippen LogP contribution in [-0.4, -0.2) is 37.5 Å².